The summed E-state index contributed by atoms with van der Waals surface area (Å²) < 4.78 is 10.8. The van der Waals surface area contributed by atoms with Gasteiger partial charge in [-0.2, -0.15) is 0 Å². The molecule has 0 aliphatic carbocycles. The molecular weight excluding hydrogens is 280 g/mol. The Morgan fingerprint density at radius 2 is 2.09 bits per heavy atom. The maximum absolute atomic E-state index is 5.92. The molecule has 1 aliphatic heterocycles. The Bertz CT molecular complexity index is 675. The summed E-state index contributed by atoms with van der Waals surface area (Å²) in [5.41, 5.74) is 9.12. The molecule has 2 heterocycles. The van der Waals surface area contributed by atoms with Crippen molar-refractivity contribution < 1.29 is 9.47 Å². The van der Waals surface area contributed by atoms with E-state index in [2.05, 4.69) is 14.9 Å². The van der Waals surface area contributed by atoms with E-state index >= 15 is 0 Å². The number of nitrogens with two attached hydrogens (primary N) is 1. The van der Waals surface area contributed by atoms with E-state index in [0.717, 1.165) is 54.4 Å². The van der Waals surface area contributed by atoms with Gasteiger partial charge in [-0.05, 0) is 24.6 Å². The summed E-state index contributed by atoms with van der Waals surface area (Å²) in [5, 5.41) is 0. The van der Waals surface area contributed by atoms with Gasteiger partial charge in [0.05, 0.1) is 19.9 Å². The summed E-state index contributed by atoms with van der Waals surface area (Å²) in [6.45, 7) is 2.47. The molecule has 0 saturated heterocycles. The van der Waals surface area contributed by atoms with Crippen molar-refractivity contribution >= 4 is 5.82 Å². The van der Waals surface area contributed by atoms with Crippen LogP contribution in [0.4, 0.5) is 5.82 Å². The molecule has 0 unspecified atom stereocenters. The van der Waals surface area contributed by atoms with Crippen molar-refractivity contribution in [3.63, 3.8) is 0 Å². The van der Waals surface area contributed by atoms with Crippen LogP contribution in [0.15, 0.2) is 24.5 Å². The quantitative estimate of drug-likeness (QED) is 0.925. The van der Waals surface area contributed by atoms with E-state index in [1.165, 1.54) is 6.33 Å². The fourth-order valence-electron chi connectivity index (χ4n) is 2.82. The first-order valence-electron chi connectivity index (χ1n) is 7.22. The minimum atomic E-state index is 0.601. The average molecular weight is 300 g/mol. The predicted octanol–water partition coefficient (Wildman–Crippen LogP) is 1.63. The van der Waals surface area contributed by atoms with E-state index in [1.54, 1.807) is 14.2 Å². The Balaban J connectivity index is 1.80. The van der Waals surface area contributed by atoms with Crippen molar-refractivity contribution in [1.82, 2.24) is 14.9 Å². The van der Waals surface area contributed by atoms with Gasteiger partial charge >= 0.3 is 0 Å². The van der Waals surface area contributed by atoms with Crippen LogP contribution in [0, 0.1) is 0 Å². The number of hydrogen-bond donors (Lipinski definition) is 1. The molecule has 0 atom stereocenters. The number of fused-ring (bicyclic) bond motifs is 1. The van der Waals surface area contributed by atoms with Gasteiger partial charge in [0.1, 0.15) is 23.6 Å². The number of ether oxygens (including phenoxy) is 2. The second-order valence-corrected chi connectivity index (χ2v) is 5.32. The van der Waals surface area contributed by atoms with Gasteiger partial charge in [-0.25, -0.2) is 9.97 Å². The van der Waals surface area contributed by atoms with Gasteiger partial charge in [-0.15, -0.1) is 0 Å². The Hall–Kier alpha value is -2.34. The molecule has 0 spiro atoms. The largest absolute Gasteiger partial charge is 0.497 e. The van der Waals surface area contributed by atoms with Crippen LogP contribution < -0.4 is 15.2 Å². The number of anilines is 1. The Morgan fingerprint density at radius 3 is 2.86 bits per heavy atom. The standard InChI is InChI=1S/C16H20N4O2/c1-21-12-3-4-15(22-2)11(7-12)8-20-6-5-13-14(9-20)18-10-19-16(13)17/h3-4,7,10H,5-6,8-9H2,1-2H3,(H2,17,18,19). The van der Waals surface area contributed by atoms with Crippen LogP contribution in [0.5, 0.6) is 11.5 Å². The molecule has 0 amide bonds. The lowest BCUT2D eigenvalue weighted by atomic mass is 10.0. The summed E-state index contributed by atoms with van der Waals surface area (Å²) in [5.74, 6) is 2.30. The molecule has 116 valence electrons. The molecule has 1 aromatic heterocycles. The van der Waals surface area contributed by atoms with Crippen LogP contribution >= 0.6 is 0 Å². The number of benzene rings is 1. The highest BCUT2D eigenvalue weighted by atomic mass is 16.5. The molecule has 6 nitrogen and oxygen atoms in total. The zero-order valence-electron chi connectivity index (χ0n) is 12.9. The maximum Gasteiger partial charge on any atom is 0.130 e. The lowest BCUT2D eigenvalue weighted by Crippen LogP contribution is -2.31. The minimum Gasteiger partial charge on any atom is -0.497 e. The molecular formula is C16H20N4O2. The van der Waals surface area contributed by atoms with Crippen molar-refractivity contribution in [2.24, 2.45) is 0 Å². The predicted molar refractivity (Wildman–Crippen MR) is 83.8 cm³/mol. The number of rotatable bonds is 4. The lowest BCUT2D eigenvalue weighted by molar-refractivity contribution is 0.237. The third-order valence-corrected chi connectivity index (χ3v) is 4.00. The molecule has 1 aromatic carbocycles. The van der Waals surface area contributed by atoms with Crippen molar-refractivity contribution in [1.29, 1.82) is 0 Å². The van der Waals surface area contributed by atoms with Crippen LogP contribution in [-0.4, -0.2) is 35.6 Å². The highest BCUT2D eigenvalue weighted by Gasteiger charge is 2.21. The summed E-state index contributed by atoms with van der Waals surface area (Å²) in [6, 6.07) is 5.86. The van der Waals surface area contributed by atoms with Crippen molar-refractivity contribution in [2.45, 2.75) is 19.5 Å². The summed E-state index contributed by atoms with van der Waals surface area (Å²) >= 11 is 0. The van der Waals surface area contributed by atoms with Crippen molar-refractivity contribution in [2.75, 3.05) is 26.5 Å². The van der Waals surface area contributed by atoms with Crippen LogP contribution in [0.3, 0.4) is 0 Å². The smallest absolute Gasteiger partial charge is 0.130 e. The second kappa shape index (κ2) is 6.19. The van der Waals surface area contributed by atoms with E-state index in [0.29, 0.717) is 5.82 Å². The molecule has 0 bridgehead atoms. The first-order valence-corrected chi connectivity index (χ1v) is 7.22. The summed E-state index contributed by atoms with van der Waals surface area (Å²) in [7, 11) is 3.35. The molecule has 1 aliphatic rings. The van der Waals surface area contributed by atoms with Gasteiger partial charge in [0, 0.05) is 30.8 Å². The van der Waals surface area contributed by atoms with E-state index in [1.807, 2.05) is 18.2 Å². The normalized spacial score (nSPS) is 14.5. The van der Waals surface area contributed by atoms with Gasteiger partial charge in [0.15, 0.2) is 0 Å². The number of aromatic nitrogens is 2. The van der Waals surface area contributed by atoms with Gasteiger partial charge in [0.25, 0.3) is 0 Å². The fourth-order valence-corrected chi connectivity index (χ4v) is 2.82. The average Bonchev–Trinajstić information content (AvgIpc) is 2.55. The topological polar surface area (TPSA) is 73.5 Å². The third kappa shape index (κ3) is 2.82. The van der Waals surface area contributed by atoms with Crippen LogP contribution in [-0.2, 0) is 19.5 Å². The lowest BCUT2D eigenvalue weighted by Gasteiger charge is -2.28. The van der Waals surface area contributed by atoms with Gasteiger partial charge < -0.3 is 15.2 Å². The highest BCUT2D eigenvalue weighted by molar-refractivity contribution is 5.43. The van der Waals surface area contributed by atoms with Crippen LogP contribution in [0.2, 0.25) is 0 Å². The monoisotopic (exact) mass is 300 g/mol. The van der Waals surface area contributed by atoms with Gasteiger partial charge in [0.2, 0.25) is 0 Å². The van der Waals surface area contributed by atoms with E-state index in [-0.39, 0.29) is 0 Å². The number of hydrogen-bond acceptors (Lipinski definition) is 6. The second-order valence-electron chi connectivity index (χ2n) is 5.32. The first-order chi connectivity index (χ1) is 10.7. The first kappa shape index (κ1) is 14.6. The number of nitrogens with zero attached hydrogens (tertiary/aromatic N) is 3. The highest BCUT2D eigenvalue weighted by Crippen LogP contribution is 2.28. The Labute approximate surface area is 129 Å². The molecule has 0 fully saturated rings. The number of methoxy groups -OCH3 is 2. The summed E-state index contributed by atoms with van der Waals surface area (Å²) in [6.07, 6.45) is 2.40. The molecule has 22 heavy (non-hydrogen) atoms. The van der Waals surface area contributed by atoms with Crippen LogP contribution in [0.25, 0.3) is 0 Å². The molecule has 6 heteroatoms. The van der Waals surface area contributed by atoms with E-state index in [9.17, 15) is 0 Å². The van der Waals surface area contributed by atoms with Crippen molar-refractivity contribution in [3.05, 3.63) is 41.3 Å². The third-order valence-electron chi connectivity index (χ3n) is 4.00. The molecule has 0 radical (unpaired) electrons. The molecule has 3 rings (SSSR count). The minimum absolute atomic E-state index is 0.601. The van der Waals surface area contributed by atoms with Crippen molar-refractivity contribution in [3.8, 4) is 11.5 Å². The number of nitrogen functional groups attached to an aromatic ring is 1. The molecule has 2 N–H and O–H groups in total. The Kier molecular flexibility index (Phi) is 4.11. The SMILES string of the molecule is COc1ccc(OC)c(CN2CCc3c(N)ncnc3C2)c1. The van der Waals surface area contributed by atoms with E-state index < -0.39 is 0 Å². The fraction of sp³-hybridized carbons (Fsp3) is 0.375. The van der Waals surface area contributed by atoms with Crippen LogP contribution in [0.1, 0.15) is 16.8 Å². The van der Waals surface area contributed by atoms with E-state index in [4.69, 9.17) is 15.2 Å². The molecule has 2 aromatic rings. The maximum atomic E-state index is 5.92. The van der Waals surface area contributed by atoms with Gasteiger partial charge in [-0.3, -0.25) is 4.90 Å². The zero-order valence-corrected chi connectivity index (χ0v) is 12.9. The molecule has 0 saturated carbocycles. The zero-order chi connectivity index (χ0) is 15.5. The Morgan fingerprint density at radius 1 is 1.23 bits per heavy atom. The summed E-state index contributed by atoms with van der Waals surface area (Å²) in [4.78, 5) is 10.7. The van der Waals surface area contributed by atoms with Gasteiger partial charge in [-0.1, -0.05) is 0 Å².